The second kappa shape index (κ2) is 8.29. The minimum absolute atomic E-state index is 0.0834. The predicted octanol–water partition coefficient (Wildman–Crippen LogP) is 3.28. The second-order valence-electron chi connectivity index (χ2n) is 6.70. The average molecular weight is 354 g/mol. The third-order valence-corrected chi connectivity index (χ3v) is 3.39. The van der Waals surface area contributed by atoms with Crippen molar-refractivity contribution in [3.63, 3.8) is 0 Å². The lowest BCUT2D eigenvalue weighted by Gasteiger charge is -2.20. The summed E-state index contributed by atoms with van der Waals surface area (Å²) in [5.41, 5.74) is 5.30. The number of rotatable bonds is 4. The summed E-state index contributed by atoms with van der Waals surface area (Å²) in [5, 5.41) is 0. The van der Waals surface area contributed by atoms with E-state index in [0.29, 0.717) is 16.7 Å². The van der Waals surface area contributed by atoms with Crippen LogP contribution in [-0.4, -0.2) is 23.4 Å². The van der Waals surface area contributed by atoms with E-state index in [2.05, 4.69) is 10.9 Å². The quantitative estimate of drug-likeness (QED) is 0.652. The molecule has 0 saturated heterocycles. The Morgan fingerprint density at radius 1 is 0.885 bits per heavy atom. The van der Waals surface area contributed by atoms with Crippen molar-refractivity contribution < 1.29 is 19.1 Å². The molecule has 2 aromatic carbocycles. The fourth-order valence-electron chi connectivity index (χ4n) is 2.27. The number of carbonyl (C=O) groups is 3. The monoisotopic (exact) mass is 354 g/mol. The van der Waals surface area contributed by atoms with Crippen LogP contribution in [0.4, 0.5) is 4.79 Å². The number of hydrogen-bond donors (Lipinski definition) is 2. The van der Waals surface area contributed by atoms with Crippen molar-refractivity contribution in [3.05, 3.63) is 71.3 Å². The first-order valence-electron chi connectivity index (χ1n) is 8.22. The average Bonchev–Trinajstić information content (AvgIpc) is 2.59. The summed E-state index contributed by atoms with van der Waals surface area (Å²) in [6, 6.07) is 15.6. The van der Waals surface area contributed by atoms with E-state index in [1.807, 2.05) is 6.07 Å². The Bertz CT molecular complexity index is 795. The van der Waals surface area contributed by atoms with Gasteiger partial charge >= 0.3 is 6.09 Å². The minimum atomic E-state index is -0.760. The van der Waals surface area contributed by atoms with Crippen LogP contribution in [0.2, 0.25) is 0 Å². The molecular weight excluding hydrogens is 332 g/mol. The molecular formula is C20H22N2O4. The molecule has 2 rings (SSSR count). The van der Waals surface area contributed by atoms with Gasteiger partial charge in [-0.3, -0.25) is 15.0 Å². The number of nitrogens with one attached hydrogen (secondary N) is 2. The number of hydrazine groups is 1. The highest BCUT2D eigenvalue weighted by molar-refractivity contribution is 6.01. The van der Waals surface area contributed by atoms with Gasteiger partial charge in [-0.15, -0.1) is 0 Å². The van der Waals surface area contributed by atoms with Gasteiger partial charge in [0, 0.05) is 17.5 Å². The summed E-state index contributed by atoms with van der Waals surface area (Å²) >= 11 is 0. The molecule has 6 heteroatoms. The number of benzene rings is 2. The summed E-state index contributed by atoms with van der Waals surface area (Å²) in [5.74, 6) is -0.613. The van der Waals surface area contributed by atoms with Crippen LogP contribution in [-0.2, 0) is 11.2 Å². The van der Waals surface area contributed by atoms with Crippen LogP contribution in [0.1, 0.15) is 47.1 Å². The lowest BCUT2D eigenvalue weighted by Crippen LogP contribution is -2.44. The lowest BCUT2D eigenvalue weighted by atomic mass is 9.98. The fourth-order valence-corrected chi connectivity index (χ4v) is 2.27. The molecule has 0 saturated carbocycles. The maximum atomic E-state index is 12.4. The number of Topliss-reactive ketones (excluding diaryl/α,β-unsaturated/α-hetero) is 1. The Morgan fingerprint density at radius 3 is 2.15 bits per heavy atom. The molecule has 136 valence electrons. The molecule has 0 aliphatic heterocycles. The van der Waals surface area contributed by atoms with E-state index in [-0.39, 0.29) is 12.2 Å². The maximum absolute atomic E-state index is 12.4. The highest BCUT2D eigenvalue weighted by Gasteiger charge is 2.18. The molecule has 6 nitrogen and oxygen atoms in total. The van der Waals surface area contributed by atoms with Crippen molar-refractivity contribution in [2.45, 2.75) is 32.8 Å². The zero-order valence-corrected chi connectivity index (χ0v) is 15.0. The van der Waals surface area contributed by atoms with Gasteiger partial charge in [-0.25, -0.2) is 10.2 Å². The zero-order chi connectivity index (χ0) is 19.2. The van der Waals surface area contributed by atoms with Gasteiger partial charge in [0.05, 0.1) is 0 Å². The van der Waals surface area contributed by atoms with Gasteiger partial charge < -0.3 is 4.74 Å². The standard InChI is InChI=1S/C20H22N2O4/c1-20(2,3)26-19(25)22-21-18(24)16-12-8-7-11-15(16)13-17(23)14-9-5-4-6-10-14/h4-12H,13H2,1-3H3,(H,21,24)(H,22,25). The van der Waals surface area contributed by atoms with Gasteiger partial charge in [0.25, 0.3) is 5.91 Å². The Balaban J connectivity index is 2.05. The van der Waals surface area contributed by atoms with Crippen molar-refractivity contribution in [2.75, 3.05) is 0 Å². The highest BCUT2D eigenvalue weighted by atomic mass is 16.6. The molecule has 26 heavy (non-hydrogen) atoms. The Morgan fingerprint density at radius 2 is 1.50 bits per heavy atom. The third kappa shape index (κ3) is 5.73. The minimum Gasteiger partial charge on any atom is -0.443 e. The number of ketones is 1. The lowest BCUT2D eigenvalue weighted by molar-refractivity contribution is 0.0483. The molecule has 0 spiro atoms. The van der Waals surface area contributed by atoms with Gasteiger partial charge in [-0.1, -0.05) is 48.5 Å². The van der Waals surface area contributed by atoms with E-state index in [4.69, 9.17) is 4.74 Å². The van der Waals surface area contributed by atoms with Crippen LogP contribution in [0.15, 0.2) is 54.6 Å². The summed E-state index contributed by atoms with van der Waals surface area (Å²) in [7, 11) is 0. The number of carbonyl (C=O) groups excluding carboxylic acids is 3. The van der Waals surface area contributed by atoms with Crippen LogP contribution >= 0.6 is 0 Å². The first-order chi connectivity index (χ1) is 12.3. The second-order valence-corrected chi connectivity index (χ2v) is 6.70. The molecule has 0 aliphatic carbocycles. The molecule has 0 bridgehead atoms. The topological polar surface area (TPSA) is 84.5 Å². The van der Waals surface area contributed by atoms with Crippen molar-refractivity contribution in [1.82, 2.24) is 10.9 Å². The summed E-state index contributed by atoms with van der Waals surface area (Å²) in [6.07, 6.45) is -0.677. The van der Waals surface area contributed by atoms with Crippen LogP contribution in [0.3, 0.4) is 0 Å². The molecule has 2 amide bonds. The van der Waals surface area contributed by atoms with E-state index in [1.165, 1.54) is 0 Å². The van der Waals surface area contributed by atoms with E-state index in [9.17, 15) is 14.4 Å². The van der Waals surface area contributed by atoms with E-state index in [0.717, 1.165) is 0 Å². The molecule has 2 N–H and O–H groups in total. The molecule has 0 heterocycles. The van der Waals surface area contributed by atoms with E-state index >= 15 is 0 Å². The van der Waals surface area contributed by atoms with Crippen LogP contribution < -0.4 is 10.9 Å². The normalized spacial score (nSPS) is 10.7. The van der Waals surface area contributed by atoms with Crippen molar-refractivity contribution >= 4 is 17.8 Å². The first-order valence-corrected chi connectivity index (χ1v) is 8.22. The van der Waals surface area contributed by atoms with Gasteiger partial charge in [0.2, 0.25) is 0 Å². The highest BCUT2D eigenvalue weighted by Crippen LogP contribution is 2.13. The molecule has 0 aliphatic rings. The Kier molecular flexibility index (Phi) is 6.11. The molecule has 0 radical (unpaired) electrons. The van der Waals surface area contributed by atoms with Crippen LogP contribution in [0.25, 0.3) is 0 Å². The third-order valence-electron chi connectivity index (χ3n) is 3.39. The first kappa shape index (κ1) is 19.2. The number of ether oxygens (including phenoxy) is 1. The zero-order valence-electron chi connectivity index (χ0n) is 15.0. The molecule has 2 aromatic rings. The van der Waals surface area contributed by atoms with Crippen LogP contribution in [0.5, 0.6) is 0 Å². The SMILES string of the molecule is CC(C)(C)OC(=O)NNC(=O)c1ccccc1CC(=O)c1ccccc1. The van der Waals surface area contributed by atoms with Crippen molar-refractivity contribution in [2.24, 2.45) is 0 Å². The summed E-state index contributed by atoms with van der Waals surface area (Å²) in [4.78, 5) is 36.4. The van der Waals surface area contributed by atoms with Gasteiger partial charge in [0.1, 0.15) is 5.60 Å². The van der Waals surface area contributed by atoms with Gasteiger partial charge in [-0.05, 0) is 32.4 Å². The van der Waals surface area contributed by atoms with E-state index in [1.54, 1.807) is 69.3 Å². The van der Waals surface area contributed by atoms with Crippen molar-refractivity contribution in [3.8, 4) is 0 Å². The van der Waals surface area contributed by atoms with Gasteiger partial charge in [0.15, 0.2) is 5.78 Å². The fraction of sp³-hybridized carbons (Fsp3) is 0.250. The number of amides is 2. The largest absolute Gasteiger partial charge is 0.443 e. The molecule has 0 atom stereocenters. The van der Waals surface area contributed by atoms with Crippen molar-refractivity contribution in [1.29, 1.82) is 0 Å². The molecule has 0 fully saturated rings. The smallest absolute Gasteiger partial charge is 0.426 e. The maximum Gasteiger partial charge on any atom is 0.426 e. The summed E-state index contributed by atoms with van der Waals surface area (Å²) in [6.45, 7) is 5.16. The van der Waals surface area contributed by atoms with E-state index < -0.39 is 17.6 Å². The number of hydrogen-bond acceptors (Lipinski definition) is 4. The molecule has 0 unspecified atom stereocenters. The Hall–Kier alpha value is -3.15. The van der Waals surface area contributed by atoms with Gasteiger partial charge in [-0.2, -0.15) is 0 Å². The molecule has 0 aromatic heterocycles. The van der Waals surface area contributed by atoms with Crippen LogP contribution in [0, 0.1) is 0 Å². The predicted molar refractivity (Wildman–Crippen MR) is 97.8 cm³/mol. The Labute approximate surface area is 152 Å². The summed E-state index contributed by atoms with van der Waals surface area (Å²) < 4.78 is 5.06.